The van der Waals surface area contributed by atoms with Crippen molar-refractivity contribution in [2.75, 3.05) is 6.61 Å². The zero-order chi connectivity index (χ0) is 24.6. The Morgan fingerprint density at radius 1 is 0.647 bits per heavy atom. The van der Waals surface area contributed by atoms with E-state index in [-0.39, 0.29) is 5.60 Å². The lowest BCUT2D eigenvalue weighted by Gasteiger charge is -2.41. The van der Waals surface area contributed by atoms with Gasteiger partial charge in [-0.25, -0.2) is 0 Å². The van der Waals surface area contributed by atoms with Gasteiger partial charge in [0.15, 0.2) is 0 Å². The first-order chi connectivity index (χ1) is 16.3. The third kappa shape index (κ3) is 7.31. The molecule has 0 spiro atoms. The van der Waals surface area contributed by atoms with Gasteiger partial charge in [0.25, 0.3) is 0 Å². The summed E-state index contributed by atoms with van der Waals surface area (Å²) in [5, 5.41) is 0. The van der Waals surface area contributed by atoms with E-state index in [0.29, 0.717) is 23.7 Å². The highest BCUT2D eigenvalue weighted by Crippen LogP contribution is 2.41. The molecule has 2 atom stereocenters. The van der Waals surface area contributed by atoms with E-state index in [1.54, 1.807) is 0 Å². The van der Waals surface area contributed by atoms with E-state index >= 15 is 0 Å². The van der Waals surface area contributed by atoms with E-state index in [1.165, 1.54) is 29.5 Å². The molecule has 0 radical (unpaired) electrons. The Hall–Kier alpha value is -2.38. The van der Waals surface area contributed by atoms with Crippen LogP contribution in [0, 0.1) is 17.8 Å². The van der Waals surface area contributed by atoms with E-state index in [2.05, 4.69) is 133 Å². The minimum absolute atomic E-state index is 0.0465. The van der Waals surface area contributed by atoms with Gasteiger partial charge in [-0.05, 0) is 67.1 Å². The minimum Gasteiger partial charge on any atom is -0.376 e. The van der Waals surface area contributed by atoms with Gasteiger partial charge in [0.05, 0.1) is 5.60 Å². The molecule has 1 aliphatic rings. The molecule has 0 N–H and O–H groups in total. The third-order valence-electron chi connectivity index (χ3n) is 7.13. The molecule has 1 nitrogen and oxygen atoms in total. The second kappa shape index (κ2) is 12.4. The molecule has 0 amide bonds. The van der Waals surface area contributed by atoms with E-state index in [0.717, 1.165) is 12.5 Å². The van der Waals surface area contributed by atoms with Gasteiger partial charge in [-0.3, -0.25) is 0 Å². The Labute approximate surface area is 208 Å². The zero-order valence-corrected chi connectivity index (χ0v) is 22.1. The summed E-state index contributed by atoms with van der Waals surface area (Å²) in [6, 6.07) is 32.5. The van der Waals surface area contributed by atoms with Crippen LogP contribution >= 0.6 is 0 Å². The molecule has 0 bridgehead atoms. The average molecular weight is 457 g/mol. The number of hydrogen-bond donors (Lipinski definition) is 0. The molecule has 1 aliphatic heterocycles. The molecule has 0 saturated carbocycles. The highest BCUT2D eigenvalue weighted by Gasteiger charge is 2.35. The Morgan fingerprint density at radius 2 is 1.09 bits per heavy atom. The van der Waals surface area contributed by atoms with Crippen LogP contribution in [0.2, 0.25) is 0 Å². The Kier molecular flexibility index (Phi) is 9.54. The van der Waals surface area contributed by atoms with Gasteiger partial charge in [-0.15, -0.1) is 0 Å². The number of rotatable bonds is 6. The molecule has 2 unspecified atom stereocenters. The van der Waals surface area contributed by atoms with Gasteiger partial charge in [0.2, 0.25) is 0 Å². The van der Waals surface area contributed by atoms with Gasteiger partial charge in [-0.2, -0.15) is 0 Å². The van der Waals surface area contributed by atoms with E-state index in [1.807, 2.05) is 0 Å². The van der Waals surface area contributed by atoms with Crippen molar-refractivity contribution < 1.29 is 4.74 Å². The van der Waals surface area contributed by atoms with E-state index < -0.39 is 0 Å². The monoisotopic (exact) mass is 456 g/mol. The van der Waals surface area contributed by atoms with E-state index in [4.69, 9.17) is 4.74 Å². The standard InChI is InChI=1S/C17H26O.C16H18/c1-13(2)16(14-8-6-5-7-9-14)15-10-11-18-17(3,4)12-15;1-13(2)16(14-9-5-3-6-10-14)15-11-7-4-8-12-15/h5-9,13,15-16H,10-12H2,1-4H3;3-13,16H,1-2H3. The van der Waals surface area contributed by atoms with Crippen molar-refractivity contribution in [1.82, 2.24) is 0 Å². The Morgan fingerprint density at radius 3 is 1.47 bits per heavy atom. The second-order valence-electron chi connectivity index (χ2n) is 11.1. The maximum atomic E-state index is 5.86. The SMILES string of the molecule is CC(C)C(c1ccccc1)C1CCOC(C)(C)C1.CC(C)C(c1ccccc1)c1ccccc1. The van der Waals surface area contributed by atoms with Gasteiger partial charge >= 0.3 is 0 Å². The number of hydrogen-bond acceptors (Lipinski definition) is 1. The zero-order valence-electron chi connectivity index (χ0n) is 22.1. The van der Waals surface area contributed by atoms with Crippen molar-refractivity contribution in [1.29, 1.82) is 0 Å². The topological polar surface area (TPSA) is 9.23 Å². The fourth-order valence-electron chi connectivity index (χ4n) is 5.75. The van der Waals surface area contributed by atoms with Crippen LogP contribution in [0.3, 0.4) is 0 Å². The van der Waals surface area contributed by atoms with Crippen molar-refractivity contribution in [3.8, 4) is 0 Å². The fourth-order valence-corrected chi connectivity index (χ4v) is 5.75. The Bertz CT molecular complexity index is 904. The van der Waals surface area contributed by atoms with Gasteiger partial charge in [0.1, 0.15) is 0 Å². The third-order valence-corrected chi connectivity index (χ3v) is 7.13. The summed E-state index contributed by atoms with van der Waals surface area (Å²) in [5.41, 5.74) is 4.35. The molecular weight excluding hydrogens is 412 g/mol. The fraction of sp³-hybridized carbons (Fsp3) is 0.455. The summed E-state index contributed by atoms with van der Waals surface area (Å²) in [6.07, 6.45) is 2.37. The lowest BCUT2D eigenvalue weighted by molar-refractivity contribution is -0.0791. The predicted octanol–water partition coefficient (Wildman–Crippen LogP) is 9.11. The predicted molar refractivity (Wildman–Crippen MR) is 146 cm³/mol. The molecule has 1 heteroatoms. The lowest BCUT2D eigenvalue weighted by atomic mass is 9.72. The largest absolute Gasteiger partial charge is 0.376 e. The first-order valence-corrected chi connectivity index (χ1v) is 13.1. The quantitative estimate of drug-likeness (QED) is 0.359. The van der Waals surface area contributed by atoms with Gasteiger partial charge in [0, 0.05) is 12.5 Å². The van der Waals surface area contributed by atoms with Crippen molar-refractivity contribution in [3.63, 3.8) is 0 Å². The summed E-state index contributed by atoms with van der Waals surface area (Å²) in [5.74, 6) is 3.21. The highest BCUT2D eigenvalue weighted by atomic mass is 16.5. The van der Waals surface area contributed by atoms with Crippen LogP contribution < -0.4 is 0 Å². The van der Waals surface area contributed by atoms with Crippen LogP contribution in [-0.4, -0.2) is 12.2 Å². The normalized spacial score (nSPS) is 18.4. The molecule has 1 saturated heterocycles. The van der Waals surface area contributed by atoms with Crippen molar-refractivity contribution >= 4 is 0 Å². The molecule has 1 heterocycles. The molecule has 34 heavy (non-hydrogen) atoms. The molecule has 3 aromatic rings. The molecule has 1 fully saturated rings. The minimum atomic E-state index is 0.0465. The summed E-state index contributed by atoms with van der Waals surface area (Å²) in [6.45, 7) is 14.6. The smallest absolute Gasteiger partial charge is 0.0629 e. The van der Waals surface area contributed by atoms with Gasteiger partial charge in [-0.1, -0.05) is 119 Å². The first kappa shape index (κ1) is 26.2. The second-order valence-corrected chi connectivity index (χ2v) is 11.1. The molecule has 3 aromatic carbocycles. The molecule has 4 rings (SSSR count). The molecule has 0 aliphatic carbocycles. The van der Waals surface area contributed by atoms with E-state index in [9.17, 15) is 0 Å². The summed E-state index contributed by atoms with van der Waals surface area (Å²) in [4.78, 5) is 0. The summed E-state index contributed by atoms with van der Waals surface area (Å²) < 4.78 is 5.86. The first-order valence-electron chi connectivity index (χ1n) is 13.1. The molecule has 0 aromatic heterocycles. The van der Waals surface area contributed by atoms with Crippen LogP contribution in [-0.2, 0) is 4.74 Å². The molecular formula is C33H44O. The van der Waals surface area contributed by atoms with Crippen LogP contribution in [0.1, 0.15) is 82.9 Å². The van der Waals surface area contributed by atoms with Crippen molar-refractivity contribution in [2.24, 2.45) is 17.8 Å². The maximum Gasteiger partial charge on any atom is 0.0629 e. The van der Waals surface area contributed by atoms with Crippen molar-refractivity contribution in [3.05, 3.63) is 108 Å². The summed E-state index contributed by atoms with van der Waals surface area (Å²) in [7, 11) is 0. The summed E-state index contributed by atoms with van der Waals surface area (Å²) >= 11 is 0. The number of benzene rings is 3. The van der Waals surface area contributed by atoms with Gasteiger partial charge < -0.3 is 4.74 Å². The maximum absolute atomic E-state index is 5.86. The van der Waals surface area contributed by atoms with Crippen LogP contribution in [0.5, 0.6) is 0 Å². The van der Waals surface area contributed by atoms with Crippen LogP contribution in [0.25, 0.3) is 0 Å². The lowest BCUT2D eigenvalue weighted by Crippen LogP contribution is -2.37. The average Bonchev–Trinajstić information content (AvgIpc) is 2.81. The van der Waals surface area contributed by atoms with Crippen LogP contribution in [0.15, 0.2) is 91.0 Å². The molecule has 182 valence electrons. The van der Waals surface area contributed by atoms with Crippen LogP contribution in [0.4, 0.5) is 0 Å². The van der Waals surface area contributed by atoms with Crippen molar-refractivity contribution in [2.45, 2.75) is 71.8 Å². The highest BCUT2D eigenvalue weighted by molar-refractivity contribution is 5.32. The Balaban J connectivity index is 0.000000192. The number of ether oxygens (including phenoxy) is 1.